The molecule has 0 fully saturated rings. The average molecular weight is 1600 g/mol. The molecule has 0 aliphatic rings. The van der Waals surface area contributed by atoms with Gasteiger partial charge in [-0.05, 0) is 107 Å². The SMILES string of the molecule is C.CC(C)C(CC(=O)OCc1ccccc1)C(=O)NC(CCCNC(N)=O)C(=O)Cc1ccc(CI)cc1.CC(C)C(CC(=O)OCc1ccccc1)C(=O)NC(CCCNC(N)=O)C(=O)Cc1ccc(COc2ccc3ccc(=O)oc3c2)cc1.O=CO[O-].O=c1ccc2ccc(O)cc2o1.[H-].[K+].[K+]. The molecule has 0 aliphatic carbocycles. The molecule has 8 rings (SSSR count). The van der Waals surface area contributed by atoms with Gasteiger partial charge in [0.15, 0.2) is 11.6 Å². The third kappa shape index (κ3) is 35.5. The van der Waals surface area contributed by atoms with E-state index in [1.807, 2.05) is 143 Å². The Morgan fingerprint density at radius 3 is 1.31 bits per heavy atom. The summed E-state index contributed by atoms with van der Waals surface area (Å²) in [4.78, 5) is 134. The standard InChI is InChI=1S/C37H41N3O8.C28H36IN3O5.C9H6O3.CH2O3.CH4.2K.H/c1-24(2)30(21-35(43)47-23-26-7-4-3-5-8-26)36(44)40-31(9-6-18-39-37(38)45)32(41)19-25-10-12-27(13-11-25)22-46-29-16-14-28-15-17-34(42)48-33(28)20-29;1-19(2)23(16-26(34)37-18-22-7-4-3-5-8-22)27(35)32-24(9-6-14-31-28(30)36)25(33)15-20-10-12-21(17-29)13-11-20;10-7-3-1-6-2-4-9(11)12-8(6)5-7;2-1-4-3;;;;/h3-5,7-8,10-17,20,24,30-31H,6,9,18-19,21-23H2,1-2H3,(H,40,44)(H3,38,39,45);3-5,7-8,10-13,19,23-24H,6,9,14-18H2,1-2H3,(H,32,35)(H3,30,31,36);1-5,10H;1,3H;1H4;;;/q;;;;;2*+1;-1/p-1. The second-order valence-corrected chi connectivity index (χ2v) is 24.6. The van der Waals surface area contributed by atoms with Crippen LogP contribution in [0, 0.1) is 23.7 Å². The van der Waals surface area contributed by atoms with E-state index in [1.54, 1.807) is 36.4 Å². The van der Waals surface area contributed by atoms with E-state index in [9.17, 15) is 47.9 Å². The van der Waals surface area contributed by atoms with Gasteiger partial charge >= 0.3 is 138 Å². The number of aromatic hydroxyl groups is 1. The van der Waals surface area contributed by atoms with Crippen LogP contribution in [-0.2, 0) is 85.0 Å². The molecule has 6 aromatic carbocycles. The molecule has 6 amide bonds. The molecule has 4 atom stereocenters. The van der Waals surface area contributed by atoms with Crippen LogP contribution in [0.25, 0.3) is 21.9 Å². The van der Waals surface area contributed by atoms with E-state index in [-0.39, 0.29) is 212 Å². The number of alkyl halides is 1. The van der Waals surface area contributed by atoms with Crippen LogP contribution < -0.4 is 157 Å². The number of carbonyl (C=O) groups excluding carboxylic acids is 9. The number of nitrogens with one attached hydrogen (secondary N) is 4. The number of halogens is 1. The number of benzene rings is 6. The Morgan fingerprint density at radius 1 is 0.538 bits per heavy atom. The molecule has 546 valence electrons. The Kier molecular flexibility index (Phi) is 45.3. The molecule has 0 spiro atoms. The van der Waals surface area contributed by atoms with Crippen LogP contribution in [-0.4, -0.2) is 84.1 Å². The number of nitrogens with two attached hydrogens (primary N) is 2. The number of primary amides is 2. The number of phenolic OH excluding ortho intramolecular Hbond substituents is 1. The number of ether oxygens (including phenoxy) is 3. The number of urea groups is 2. The van der Waals surface area contributed by atoms with Gasteiger partial charge in [0.05, 0.1) is 36.8 Å². The maximum absolute atomic E-state index is 13.5. The van der Waals surface area contributed by atoms with Crippen molar-refractivity contribution in [3.05, 3.63) is 224 Å². The summed E-state index contributed by atoms with van der Waals surface area (Å²) >= 11 is 2.28. The van der Waals surface area contributed by atoms with Crippen LogP contribution in [0.5, 0.6) is 11.5 Å². The van der Waals surface area contributed by atoms with E-state index >= 15 is 0 Å². The number of Topliss-reactive ketones (excluding diaryl/α,β-unsaturated/α-hetero) is 2. The van der Waals surface area contributed by atoms with Gasteiger partial charge in [-0.2, -0.15) is 0 Å². The second kappa shape index (κ2) is 50.9. The normalized spacial score (nSPS) is 11.5. The first-order valence-corrected chi connectivity index (χ1v) is 33.9. The maximum atomic E-state index is 13.5. The Hall–Kier alpha value is -7.47. The van der Waals surface area contributed by atoms with Crippen molar-refractivity contribution in [3.8, 4) is 11.5 Å². The van der Waals surface area contributed by atoms with Crippen LogP contribution in [0.2, 0.25) is 0 Å². The molecule has 2 aromatic heterocycles. The van der Waals surface area contributed by atoms with Gasteiger partial charge in [-0.15, -0.1) is 0 Å². The van der Waals surface area contributed by atoms with Crippen LogP contribution in [0.3, 0.4) is 0 Å². The quantitative estimate of drug-likeness (QED) is 0.00356. The van der Waals surface area contributed by atoms with Gasteiger partial charge in [-0.25, -0.2) is 19.2 Å². The van der Waals surface area contributed by atoms with Gasteiger partial charge in [-0.1, -0.05) is 167 Å². The number of carbonyl (C=O) groups is 9. The van der Waals surface area contributed by atoms with Crippen molar-refractivity contribution >= 4 is 98.4 Å². The van der Waals surface area contributed by atoms with Gasteiger partial charge in [0, 0.05) is 65.4 Å². The molecule has 8 aromatic rings. The van der Waals surface area contributed by atoms with E-state index in [1.165, 1.54) is 18.2 Å². The van der Waals surface area contributed by atoms with Crippen molar-refractivity contribution in [2.24, 2.45) is 35.1 Å². The van der Waals surface area contributed by atoms with Gasteiger partial charge in [0.1, 0.15) is 42.5 Å². The van der Waals surface area contributed by atoms with Crippen LogP contribution in [0.1, 0.15) is 108 Å². The first-order chi connectivity index (χ1) is 48.4. The summed E-state index contributed by atoms with van der Waals surface area (Å²) in [6, 6.07) is 46.8. The summed E-state index contributed by atoms with van der Waals surface area (Å²) in [5.74, 6) is -3.14. The van der Waals surface area contributed by atoms with Crippen molar-refractivity contribution in [1.29, 1.82) is 0 Å². The van der Waals surface area contributed by atoms with E-state index in [0.717, 1.165) is 48.6 Å². The van der Waals surface area contributed by atoms with Crippen molar-refractivity contribution < 1.29 is 186 Å². The number of rotatable bonds is 33. The van der Waals surface area contributed by atoms with E-state index in [4.69, 9.17) is 49.7 Å². The molecule has 9 N–H and O–H groups in total. The molecule has 0 saturated heterocycles. The number of esters is 2. The minimum atomic E-state index is -0.843. The molecule has 0 radical (unpaired) electrons. The Bertz CT molecular complexity index is 4120. The number of ketones is 2. The summed E-state index contributed by atoms with van der Waals surface area (Å²) in [5, 5.41) is 29.8. The molecular weight excluding hydrogens is 1510 g/mol. The zero-order chi connectivity index (χ0) is 73.6. The van der Waals surface area contributed by atoms with Crippen molar-refractivity contribution in [3.63, 3.8) is 0 Å². The summed E-state index contributed by atoms with van der Waals surface area (Å²) in [5.41, 5.74) is 15.6. The van der Waals surface area contributed by atoms with Gasteiger partial charge in [0.25, 0.3) is 6.47 Å². The summed E-state index contributed by atoms with van der Waals surface area (Å²) in [7, 11) is 0. The smallest absolute Gasteiger partial charge is 1.00 e. The molecule has 2 heterocycles. The third-order valence-electron chi connectivity index (χ3n) is 15.5. The van der Waals surface area contributed by atoms with Gasteiger partial charge in [-0.3, -0.25) is 33.6 Å². The van der Waals surface area contributed by atoms with Crippen LogP contribution in [0.4, 0.5) is 9.59 Å². The van der Waals surface area contributed by atoms with Crippen LogP contribution >= 0.6 is 22.6 Å². The summed E-state index contributed by atoms with van der Waals surface area (Å²) in [6.45, 7) is 8.24. The first-order valence-electron chi connectivity index (χ1n) is 32.4. The molecule has 0 bridgehead atoms. The summed E-state index contributed by atoms with van der Waals surface area (Å²) < 4.78 is 27.6. The zero-order valence-corrected chi connectivity index (χ0v) is 66.8. The number of fused-ring (bicyclic) bond motifs is 2. The Balaban J connectivity index is 0.000000852. The number of amides is 6. The molecule has 104 heavy (non-hydrogen) atoms. The minimum absolute atomic E-state index is 0. The second-order valence-electron chi connectivity index (χ2n) is 23.9. The third-order valence-corrected chi connectivity index (χ3v) is 16.4. The number of hydrogen-bond acceptors (Lipinski definition) is 19. The Morgan fingerprint density at radius 2 is 0.913 bits per heavy atom. The molecule has 0 saturated carbocycles. The minimum Gasteiger partial charge on any atom is -1.00 e. The summed E-state index contributed by atoms with van der Waals surface area (Å²) in [6.07, 6.45) is 1.48. The fraction of sp³-hybridized carbons (Fsp3) is 0.329. The fourth-order valence-corrected chi connectivity index (χ4v) is 10.4. The number of phenols is 1. The van der Waals surface area contributed by atoms with Crippen molar-refractivity contribution in [2.45, 2.75) is 123 Å². The maximum Gasteiger partial charge on any atom is 1.00 e. The first kappa shape index (κ1) is 92.6. The molecule has 0 aliphatic heterocycles. The Labute approximate surface area is 703 Å². The van der Waals surface area contributed by atoms with Crippen molar-refractivity contribution in [1.82, 2.24) is 21.3 Å². The van der Waals surface area contributed by atoms with E-state index in [2.05, 4.69) is 48.7 Å². The van der Waals surface area contributed by atoms with Crippen molar-refractivity contribution in [2.75, 3.05) is 13.1 Å². The fourth-order valence-electron chi connectivity index (χ4n) is 9.93. The monoisotopic (exact) mass is 1590 g/mol. The molecule has 28 heteroatoms. The van der Waals surface area contributed by atoms with Gasteiger partial charge < -0.3 is 72.5 Å². The largest absolute Gasteiger partial charge is 1.00 e. The predicted molar refractivity (Wildman–Crippen MR) is 390 cm³/mol. The molecule has 4 unspecified atom stereocenters. The predicted octanol–water partition coefficient (Wildman–Crippen LogP) is 3.58. The molecule has 25 nitrogen and oxygen atoms in total. The molecular formula is C76H89IK2N6O19. The topological polar surface area (TPSA) is 394 Å². The van der Waals surface area contributed by atoms with E-state index < -0.39 is 65.1 Å². The average Bonchev–Trinajstić information content (AvgIpc) is 0.927. The van der Waals surface area contributed by atoms with E-state index in [0.29, 0.717) is 42.7 Å². The zero-order valence-electron chi connectivity index (χ0n) is 59.4. The van der Waals surface area contributed by atoms with Crippen LogP contribution in [0.15, 0.2) is 188 Å². The number of hydrogen-bond donors (Lipinski definition) is 7. The van der Waals surface area contributed by atoms with Gasteiger partial charge in [0.2, 0.25) is 11.8 Å².